The first-order valence-electron chi connectivity index (χ1n) is 9.22. The van der Waals surface area contributed by atoms with Gasteiger partial charge in [0.1, 0.15) is 12.3 Å². The lowest BCUT2D eigenvalue weighted by molar-refractivity contribution is -0.290. The highest BCUT2D eigenvalue weighted by Gasteiger charge is 2.43. The molecule has 0 saturated heterocycles. The zero-order valence-corrected chi connectivity index (χ0v) is 15.8. The van der Waals surface area contributed by atoms with Gasteiger partial charge in [-0.25, -0.2) is 9.78 Å². The van der Waals surface area contributed by atoms with Crippen LogP contribution in [-0.4, -0.2) is 61.1 Å². The summed E-state index contributed by atoms with van der Waals surface area (Å²) in [6.07, 6.45) is 1.98. The van der Waals surface area contributed by atoms with Gasteiger partial charge in [-0.3, -0.25) is 19.3 Å². The van der Waals surface area contributed by atoms with Crippen molar-refractivity contribution in [3.63, 3.8) is 0 Å². The summed E-state index contributed by atoms with van der Waals surface area (Å²) in [6, 6.07) is 4.05. The van der Waals surface area contributed by atoms with Crippen molar-refractivity contribution in [2.24, 2.45) is 5.73 Å². The first-order chi connectivity index (χ1) is 13.6. The maximum absolute atomic E-state index is 13.0. The lowest BCUT2D eigenvalue weighted by Gasteiger charge is -2.24. The first-order valence-corrected chi connectivity index (χ1v) is 9.22. The number of imide groups is 1. The van der Waals surface area contributed by atoms with E-state index in [1.54, 1.807) is 18.2 Å². The van der Waals surface area contributed by atoms with E-state index in [9.17, 15) is 19.2 Å². The largest absolute Gasteiger partial charge is 0.382 e. The minimum Gasteiger partial charge on any atom is -0.382 e. The van der Waals surface area contributed by atoms with Gasteiger partial charge < -0.3 is 15.8 Å². The number of nitrogens with zero attached hydrogens (tertiary/aromatic N) is 1. The minimum atomic E-state index is -0.857. The fourth-order valence-corrected chi connectivity index (χ4v) is 3.02. The Labute approximate surface area is 163 Å². The van der Waals surface area contributed by atoms with Crippen LogP contribution in [0.5, 0.6) is 0 Å². The summed E-state index contributed by atoms with van der Waals surface area (Å²) in [6.45, 7) is 2.31. The summed E-state index contributed by atoms with van der Waals surface area (Å²) >= 11 is 0. The summed E-state index contributed by atoms with van der Waals surface area (Å²) in [7, 11) is 0. The molecule has 9 heteroatoms. The Morgan fingerprint density at radius 3 is 2.68 bits per heavy atom. The topological polar surface area (TPSA) is 128 Å². The highest BCUT2D eigenvalue weighted by atomic mass is 17.2. The predicted octanol–water partition coefficient (Wildman–Crippen LogP) is 0.928. The number of aldehydes is 1. The fraction of sp³-hybridized carbons (Fsp3) is 0.474. The molecule has 152 valence electrons. The Hall–Kier alpha value is -2.62. The zero-order chi connectivity index (χ0) is 20.5. The number of carbonyl (C=O) groups excluding carboxylic acids is 4. The van der Waals surface area contributed by atoms with E-state index >= 15 is 0 Å². The van der Waals surface area contributed by atoms with Gasteiger partial charge in [-0.15, -0.1) is 0 Å². The van der Waals surface area contributed by atoms with E-state index in [4.69, 9.17) is 15.5 Å². The molecule has 1 aliphatic rings. The molecule has 0 spiro atoms. The maximum Gasteiger partial charge on any atom is 0.264 e. The van der Waals surface area contributed by atoms with Crippen molar-refractivity contribution in [1.82, 2.24) is 4.90 Å². The molecule has 0 fully saturated rings. The SMILES string of the molecule is CCCC(C(=O)CN)N1C(=O)c2cccc(NCCOOCCC=O)c2C1=O. The molecule has 1 aromatic rings. The quantitative estimate of drug-likeness (QED) is 0.167. The summed E-state index contributed by atoms with van der Waals surface area (Å²) in [5.74, 6) is -1.34. The van der Waals surface area contributed by atoms with Crippen molar-refractivity contribution in [2.75, 3.05) is 31.6 Å². The third kappa shape index (κ3) is 4.80. The minimum absolute atomic E-state index is 0.167. The Morgan fingerprint density at radius 2 is 2.00 bits per heavy atom. The van der Waals surface area contributed by atoms with Gasteiger partial charge in [-0.2, -0.15) is 0 Å². The molecule has 2 rings (SSSR count). The molecule has 1 aromatic carbocycles. The molecule has 9 nitrogen and oxygen atoms in total. The standard InChI is InChI=1S/C19H25N3O6/c1-2-5-15(16(24)12-20)22-18(25)13-6-3-7-14(17(13)19(22)26)21-8-11-28-27-10-4-9-23/h3,6-7,9,15,21H,2,4-5,8,10-12,20H2,1H3. The summed E-state index contributed by atoms with van der Waals surface area (Å²) in [4.78, 5) is 58.9. The van der Waals surface area contributed by atoms with Gasteiger partial charge in [0.05, 0.1) is 30.9 Å². The molecular weight excluding hydrogens is 366 g/mol. The monoisotopic (exact) mass is 391 g/mol. The van der Waals surface area contributed by atoms with E-state index < -0.39 is 17.9 Å². The van der Waals surface area contributed by atoms with Crippen LogP contribution in [0.15, 0.2) is 18.2 Å². The predicted molar refractivity (Wildman–Crippen MR) is 101 cm³/mol. The fourth-order valence-electron chi connectivity index (χ4n) is 3.02. The zero-order valence-electron chi connectivity index (χ0n) is 15.8. The highest BCUT2D eigenvalue weighted by molar-refractivity contribution is 6.25. The van der Waals surface area contributed by atoms with Crippen LogP contribution in [0.2, 0.25) is 0 Å². The van der Waals surface area contributed by atoms with Crippen LogP contribution >= 0.6 is 0 Å². The van der Waals surface area contributed by atoms with Gasteiger partial charge in [-0.05, 0) is 18.6 Å². The van der Waals surface area contributed by atoms with Gasteiger partial charge in [0, 0.05) is 18.7 Å². The van der Waals surface area contributed by atoms with Crippen LogP contribution < -0.4 is 11.1 Å². The van der Waals surface area contributed by atoms with Crippen molar-refractivity contribution < 1.29 is 29.0 Å². The van der Waals surface area contributed by atoms with Crippen molar-refractivity contribution in [2.45, 2.75) is 32.2 Å². The van der Waals surface area contributed by atoms with E-state index in [0.29, 0.717) is 25.1 Å². The third-order valence-electron chi connectivity index (χ3n) is 4.30. The van der Waals surface area contributed by atoms with Crippen LogP contribution in [0, 0.1) is 0 Å². The van der Waals surface area contributed by atoms with Crippen LogP contribution in [0.1, 0.15) is 46.9 Å². The molecule has 1 unspecified atom stereocenters. The molecule has 1 heterocycles. The number of nitrogens with two attached hydrogens (primary N) is 1. The maximum atomic E-state index is 13.0. The molecule has 0 aliphatic carbocycles. The second-order valence-corrected chi connectivity index (χ2v) is 6.21. The van der Waals surface area contributed by atoms with Crippen LogP contribution in [0.4, 0.5) is 5.69 Å². The lowest BCUT2D eigenvalue weighted by atomic mass is 10.1. The number of ketones is 1. The number of rotatable bonds is 13. The Bertz CT molecular complexity index is 736. The molecule has 28 heavy (non-hydrogen) atoms. The van der Waals surface area contributed by atoms with Crippen molar-refractivity contribution in [3.05, 3.63) is 29.3 Å². The number of anilines is 1. The number of hydrogen-bond donors (Lipinski definition) is 2. The number of hydrogen-bond acceptors (Lipinski definition) is 8. The molecule has 0 radical (unpaired) electrons. The van der Waals surface area contributed by atoms with Crippen LogP contribution in [0.25, 0.3) is 0 Å². The van der Waals surface area contributed by atoms with Crippen molar-refractivity contribution in [3.8, 4) is 0 Å². The van der Waals surface area contributed by atoms with E-state index in [-0.39, 0.29) is 43.1 Å². The molecule has 0 saturated carbocycles. The van der Waals surface area contributed by atoms with E-state index in [2.05, 4.69) is 5.32 Å². The molecule has 1 aliphatic heterocycles. The summed E-state index contributed by atoms with van der Waals surface area (Å²) in [5.41, 5.74) is 6.43. The van der Waals surface area contributed by atoms with Gasteiger partial charge in [0.25, 0.3) is 11.8 Å². The normalized spacial score (nSPS) is 14.1. The molecule has 0 bridgehead atoms. The van der Waals surface area contributed by atoms with Gasteiger partial charge >= 0.3 is 0 Å². The van der Waals surface area contributed by atoms with Gasteiger partial charge in [-0.1, -0.05) is 19.4 Å². The Morgan fingerprint density at radius 1 is 1.25 bits per heavy atom. The molecular formula is C19H25N3O6. The number of fused-ring (bicyclic) bond motifs is 1. The van der Waals surface area contributed by atoms with Crippen LogP contribution in [0.3, 0.4) is 0 Å². The molecule has 3 N–H and O–H groups in total. The van der Waals surface area contributed by atoms with E-state index in [1.807, 2.05) is 6.92 Å². The van der Waals surface area contributed by atoms with Crippen LogP contribution in [-0.2, 0) is 19.4 Å². The Kier molecular flexibility index (Phi) is 8.24. The van der Waals surface area contributed by atoms with Crippen molar-refractivity contribution in [1.29, 1.82) is 0 Å². The second-order valence-electron chi connectivity index (χ2n) is 6.21. The second kappa shape index (κ2) is 10.6. The first kappa shape index (κ1) is 21.7. The van der Waals surface area contributed by atoms with Crippen molar-refractivity contribution >= 4 is 29.6 Å². The van der Waals surface area contributed by atoms with Gasteiger partial charge in [0.2, 0.25) is 0 Å². The summed E-state index contributed by atoms with van der Waals surface area (Å²) < 4.78 is 0. The Balaban J connectivity index is 2.10. The number of nitrogens with one attached hydrogen (secondary N) is 1. The van der Waals surface area contributed by atoms with E-state index in [1.165, 1.54) is 0 Å². The highest BCUT2D eigenvalue weighted by Crippen LogP contribution is 2.31. The summed E-state index contributed by atoms with van der Waals surface area (Å²) in [5, 5.41) is 3.04. The smallest absolute Gasteiger partial charge is 0.264 e. The molecule has 1 atom stereocenters. The third-order valence-corrected chi connectivity index (χ3v) is 4.30. The number of benzene rings is 1. The van der Waals surface area contributed by atoms with E-state index in [0.717, 1.165) is 11.2 Å². The number of Topliss-reactive ketones (excluding diaryl/α,β-unsaturated/α-hetero) is 1. The number of amides is 2. The van der Waals surface area contributed by atoms with Gasteiger partial charge in [0.15, 0.2) is 5.78 Å². The average molecular weight is 391 g/mol. The average Bonchev–Trinajstić information content (AvgIpc) is 2.96. The molecule has 2 amide bonds. The number of carbonyl (C=O) groups is 4. The molecule has 0 aromatic heterocycles. The lowest BCUT2D eigenvalue weighted by Crippen LogP contribution is -2.47.